The molecule has 3 heteroatoms. The molecule has 0 saturated heterocycles. The number of hydrogen-bond donors (Lipinski definition) is 0. The van der Waals surface area contributed by atoms with Gasteiger partial charge in [0, 0.05) is 12.3 Å². The van der Waals surface area contributed by atoms with Gasteiger partial charge in [0.2, 0.25) is 0 Å². The van der Waals surface area contributed by atoms with Gasteiger partial charge in [0.1, 0.15) is 0 Å². The van der Waals surface area contributed by atoms with E-state index >= 15 is 0 Å². The molecule has 0 bridgehead atoms. The van der Waals surface area contributed by atoms with E-state index in [1.54, 1.807) is 5.57 Å². The summed E-state index contributed by atoms with van der Waals surface area (Å²) in [6, 6.07) is 0. The van der Waals surface area contributed by atoms with E-state index < -0.39 is 6.10 Å². The Hall–Kier alpha value is -1.12. The highest BCUT2D eigenvalue weighted by molar-refractivity contribution is 5.92. The maximum atomic E-state index is 13.1. The number of fused-ring (bicyclic) bond motifs is 5. The van der Waals surface area contributed by atoms with Gasteiger partial charge >= 0.3 is 5.97 Å². The molecule has 0 amide bonds. The van der Waals surface area contributed by atoms with Crippen molar-refractivity contribution in [1.82, 2.24) is 0 Å². The van der Waals surface area contributed by atoms with Crippen LogP contribution >= 0.6 is 0 Å². The number of esters is 1. The maximum absolute atomic E-state index is 13.1. The standard InChI is InChI=1S/C23H34O3/c1-13-8-9-22(4)16(10-13)6-7-17-18-11-19(26-15(3)24)21(25)23(18,5)12-14(2)20(17)22/h6,13-14,17-20H,7-12H2,1-5H3/t13-,14-,17?,18?,19+,20?,22-,23-/m0/s1. The number of carbonyl (C=O) groups is 2. The van der Waals surface area contributed by atoms with Crippen molar-refractivity contribution in [3.8, 4) is 0 Å². The molecule has 4 aliphatic carbocycles. The van der Waals surface area contributed by atoms with E-state index in [9.17, 15) is 9.59 Å². The molecule has 3 unspecified atom stereocenters. The van der Waals surface area contributed by atoms with Gasteiger partial charge in [0.15, 0.2) is 11.9 Å². The number of hydrogen-bond acceptors (Lipinski definition) is 3. The first-order valence-electron chi connectivity index (χ1n) is 10.6. The summed E-state index contributed by atoms with van der Waals surface area (Å²) in [5, 5.41) is 0. The van der Waals surface area contributed by atoms with E-state index in [2.05, 4.69) is 33.8 Å². The second-order valence-corrected chi connectivity index (χ2v) is 10.3. The average Bonchev–Trinajstić information content (AvgIpc) is 2.79. The number of Topliss-reactive ketones (excluding diaryl/α,β-unsaturated/α-hetero) is 1. The molecule has 8 atom stereocenters. The molecule has 0 spiro atoms. The lowest BCUT2D eigenvalue weighted by Gasteiger charge is -2.59. The van der Waals surface area contributed by atoms with Crippen molar-refractivity contribution < 1.29 is 14.3 Å². The van der Waals surface area contributed by atoms with Crippen LogP contribution in [0, 0.1) is 40.4 Å². The van der Waals surface area contributed by atoms with Crippen molar-refractivity contribution in [2.24, 2.45) is 40.4 Å². The summed E-state index contributed by atoms with van der Waals surface area (Å²) in [6.07, 6.45) is 8.66. The van der Waals surface area contributed by atoms with Crippen LogP contribution < -0.4 is 0 Å². The van der Waals surface area contributed by atoms with Crippen LogP contribution in [0.2, 0.25) is 0 Å². The summed E-state index contributed by atoms with van der Waals surface area (Å²) in [7, 11) is 0. The Morgan fingerprint density at radius 3 is 2.65 bits per heavy atom. The minimum absolute atomic E-state index is 0.181. The Labute approximate surface area is 157 Å². The van der Waals surface area contributed by atoms with E-state index in [1.807, 2.05) is 0 Å². The Balaban J connectivity index is 1.69. The van der Waals surface area contributed by atoms with Crippen LogP contribution in [0.4, 0.5) is 0 Å². The molecule has 4 aliphatic rings. The molecule has 0 N–H and O–H groups in total. The van der Waals surface area contributed by atoms with E-state index in [0.717, 1.165) is 25.2 Å². The third-order valence-electron chi connectivity index (χ3n) is 8.62. The topological polar surface area (TPSA) is 43.4 Å². The van der Waals surface area contributed by atoms with Crippen molar-refractivity contribution in [3.05, 3.63) is 11.6 Å². The van der Waals surface area contributed by atoms with E-state index in [0.29, 0.717) is 29.1 Å². The molecule has 0 aromatic heterocycles. The molecule has 3 nitrogen and oxygen atoms in total. The Morgan fingerprint density at radius 1 is 1.23 bits per heavy atom. The van der Waals surface area contributed by atoms with Crippen LogP contribution in [-0.2, 0) is 14.3 Å². The van der Waals surface area contributed by atoms with Crippen LogP contribution in [0.1, 0.15) is 73.1 Å². The molecule has 0 heterocycles. The normalized spacial score (nSPS) is 50.3. The predicted molar refractivity (Wildman–Crippen MR) is 101 cm³/mol. The van der Waals surface area contributed by atoms with Crippen LogP contribution in [0.15, 0.2) is 11.6 Å². The second kappa shape index (κ2) is 5.94. The van der Waals surface area contributed by atoms with Crippen LogP contribution in [0.5, 0.6) is 0 Å². The van der Waals surface area contributed by atoms with E-state index in [-0.39, 0.29) is 17.2 Å². The zero-order valence-corrected chi connectivity index (χ0v) is 17.0. The Bertz CT molecular complexity index is 664. The van der Waals surface area contributed by atoms with Crippen molar-refractivity contribution in [2.75, 3.05) is 0 Å². The van der Waals surface area contributed by atoms with Gasteiger partial charge in [-0.25, -0.2) is 0 Å². The first-order valence-corrected chi connectivity index (χ1v) is 10.6. The molecule has 0 radical (unpaired) electrons. The third kappa shape index (κ3) is 2.45. The lowest BCUT2D eigenvalue weighted by molar-refractivity contribution is -0.154. The third-order valence-corrected chi connectivity index (χ3v) is 8.62. The number of rotatable bonds is 1. The average molecular weight is 359 g/mol. The zero-order chi connectivity index (χ0) is 18.9. The summed E-state index contributed by atoms with van der Waals surface area (Å²) in [4.78, 5) is 24.6. The van der Waals surface area contributed by atoms with Gasteiger partial charge in [-0.15, -0.1) is 0 Å². The quantitative estimate of drug-likeness (QED) is 0.492. The highest BCUT2D eigenvalue weighted by Gasteiger charge is 2.63. The van der Waals surface area contributed by atoms with Gasteiger partial charge in [-0.2, -0.15) is 0 Å². The van der Waals surface area contributed by atoms with Gasteiger partial charge in [-0.1, -0.05) is 39.3 Å². The fraction of sp³-hybridized carbons (Fsp3) is 0.826. The number of allylic oxidation sites excluding steroid dienone is 2. The largest absolute Gasteiger partial charge is 0.455 e. The SMILES string of the molecule is CC(=O)O[C@@H]1CC2C3CC=C4C[C@@H](C)CC[C@]4(C)C3[C@@H](C)C[C@]2(C)C1=O. The highest BCUT2D eigenvalue weighted by atomic mass is 16.5. The van der Waals surface area contributed by atoms with Gasteiger partial charge in [-0.3, -0.25) is 9.59 Å². The molecule has 0 aliphatic heterocycles. The van der Waals surface area contributed by atoms with Crippen molar-refractivity contribution in [2.45, 2.75) is 79.2 Å². The molecule has 0 aromatic carbocycles. The van der Waals surface area contributed by atoms with Crippen LogP contribution in [-0.4, -0.2) is 17.9 Å². The molecule has 3 fully saturated rings. The molecular weight excluding hydrogens is 324 g/mol. The molecule has 144 valence electrons. The monoisotopic (exact) mass is 358 g/mol. The maximum Gasteiger partial charge on any atom is 0.303 e. The first kappa shape index (κ1) is 18.3. The highest BCUT2D eigenvalue weighted by Crippen LogP contribution is 2.66. The molecule has 0 aromatic rings. The molecule has 4 rings (SSSR count). The number of carbonyl (C=O) groups excluding carboxylic acids is 2. The summed E-state index contributed by atoms with van der Waals surface area (Å²) < 4.78 is 5.44. The Kier molecular flexibility index (Phi) is 4.17. The minimum Gasteiger partial charge on any atom is -0.455 e. The van der Waals surface area contributed by atoms with Gasteiger partial charge in [-0.05, 0) is 73.5 Å². The van der Waals surface area contributed by atoms with Crippen molar-refractivity contribution in [1.29, 1.82) is 0 Å². The summed E-state index contributed by atoms with van der Waals surface area (Å²) >= 11 is 0. The predicted octanol–water partition coefficient (Wildman–Crippen LogP) is 4.94. The Morgan fingerprint density at radius 2 is 1.96 bits per heavy atom. The fourth-order valence-corrected chi connectivity index (χ4v) is 7.62. The lowest BCUT2D eigenvalue weighted by Crippen LogP contribution is -2.53. The zero-order valence-electron chi connectivity index (χ0n) is 17.0. The molecular formula is C23H34O3. The van der Waals surface area contributed by atoms with E-state index in [4.69, 9.17) is 4.74 Å². The lowest BCUT2D eigenvalue weighted by atomic mass is 9.45. The summed E-state index contributed by atoms with van der Waals surface area (Å²) in [6.45, 7) is 10.8. The van der Waals surface area contributed by atoms with Crippen LogP contribution in [0.25, 0.3) is 0 Å². The summed E-state index contributed by atoms with van der Waals surface area (Å²) in [5.74, 6) is 2.77. The van der Waals surface area contributed by atoms with Crippen LogP contribution in [0.3, 0.4) is 0 Å². The van der Waals surface area contributed by atoms with Gasteiger partial charge in [0.05, 0.1) is 0 Å². The smallest absolute Gasteiger partial charge is 0.303 e. The summed E-state index contributed by atoms with van der Waals surface area (Å²) in [5.41, 5.74) is 1.68. The van der Waals surface area contributed by atoms with E-state index in [1.165, 1.54) is 26.2 Å². The molecule has 26 heavy (non-hydrogen) atoms. The molecule has 3 saturated carbocycles. The first-order chi connectivity index (χ1) is 12.2. The number of ether oxygens (including phenoxy) is 1. The fourth-order valence-electron chi connectivity index (χ4n) is 7.62. The van der Waals surface area contributed by atoms with Crippen molar-refractivity contribution >= 4 is 11.8 Å². The minimum atomic E-state index is -0.516. The second-order valence-electron chi connectivity index (χ2n) is 10.3. The van der Waals surface area contributed by atoms with Gasteiger partial charge < -0.3 is 4.74 Å². The van der Waals surface area contributed by atoms with Crippen molar-refractivity contribution in [3.63, 3.8) is 0 Å². The van der Waals surface area contributed by atoms with Gasteiger partial charge in [0.25, 0.3) is 0 Å². The number of ketones is 1.